The molecule has 0 aromatic heterocycles. The standard InChI is InChI=1S/C30H28N2O3/c1-21-13-16-24(17-14-21)31-26-11-7-8-12-27(26)32-30(33)25(23-9-5-4-6-10-23)19-22-15-18-28(34-2)29(20-22)35-3/h4-20,31H,1-3H3,(H,32,33)/b25-19+. The lowest BCUT2D eigenvalue weighted by Crippen LogP contribution is -2.14. The average Bonchev–Trinajstić information content (AvgIpc) is 2.90. The summed E-state index contributed by atoms with van der Waals surface area (Å²) in [5, 5.41) is 6.48. The molecule has 176 valence electrons. The van der Waals surface area contributed by atoms with E-state index in [1.54, 1.807) is 14.2 Å². The molecule has 0 aliphatic heterocycles. The maximum atomic E-state index is 13.6. The first-order valence-corrected chi connectivity index (χ1v) is 11.3. The molecule has 1 amide bonds. The Bertz CT molecular complexity index is 1330. The summed E-state index contributed by atoms with van der Waals surface area (Å²) >= 11 is 0. The van der Waals surface area contributed by atoms with Gasteiger partial charge in [0.15, 0.2) is 11.5 Å². The van der Waals surface area contributed by atoms with Gasteiger partial charge in [-0.25, -0.2) is 0 Å². The van der Waals surface area contributed by atoms with Crippen LogP contribution in [0.5, 0.6) is 11.5 Å². The van der Waals surface area contributed by atoms with E-state index in [0.29, 0.717) is 22.8 Å². The molecule has 5 heteroatoms. The third-order valence-corrected chi connectivity index (χ3v) is 5.55. The van der Waals surface area contributed by atoms with Gasteiger partial charge in [0.25, 0.3) is 5.91 Å². The van der Waals surface area contributed by atoms with Gasteiger partial charge in [-0.05, 0) is 60.5 Å². The Labute approximate surface area is 206 Å². The molecule has 5 nitrogen and oxygen atoms in total. The van der Waals surface area contributed by atoms with Gasteiger partial charge in [0.2, 0.25) is 0 Å². The van der Waals surface area contributed by atoms with Gasteiger partial charge in [-0.15, -0.1) is 0 Å². The maximum absolute atomic E-state index is 13.6. The fraction of sp³-hybridized carbons (Fsp3) is 0.100. The normalized spacial score (nSPS) is 11.0. The van der Waals surface area contributed by atoms with Crippen molar-refractivity contribution in [2.45, 2.75) is 6.92 Å². The SMILES string of the molecule is COc1ccc(/C=C(/C(=O)Nc2ccccc2Nc2ccc(C)cc2)c2ccccc2)cc1OC. The molecule has 4 aromatic rings. The lowest BCUT2D eigenvalue weighted by atomic mass is 10.0. The summed E-state index contributed by atoms with van der Waals surface area (Å²) in [6.45, 7) is 2.05. The third kappa shape index (κ3) is 5.89. The molecule has 0 aliphatic rings. The van der Waals surface area contributed by atoms with Crippen LogP contribution < -0.4 is 20.1 Å². The highest BCUT2D eigenvalue weighted by molar-refractivity contribution is 6.29. The number of rotatable bonds is 8. The second-order valence-corrected chi connectivity index (χ2v) is 8.03. The van der Waals surface area contributed by atoms with E-state index in [1.807, 2.05) is 110 Å². The summed E-state index contributed by atoms with van der Waals surface area (Å²) in [4.78, 5) is 13.6. The highest BCUT2D eigenvalue weighted by atomic mass is 16.5. The number of methoxy groups -OCH3 is 2. The molecule has 0 aliphatic carbocycles. The monoisotopic (exact) mass is 464 g/mol. The lowest BCUT2D eigenvalue weighted by molar-refractivity contribution is -0.111. The molecule has 35 heavy (non-hydrogen) atoms. The molecular formula is C30H28N2O3. The first kappa shape index (κ1) is 23.6. The Morgan fingerprint density at radius 1 is 0.743 bits per heavy atom. The summed E-state index contributed by atoms with van der Waals surface area (Å²) in [6.07, 6.45) is 1.85. The van der Waals surface area contributed by atoms with Crippen molar-refractivity contribution < 1.29 is 14.3 Å². The molecule has 0 bridgehead atoms. The quantitative estimate of drug-likeness (QED) is 0.219. The van der Waals surface area contributed by atoms with Crippen LogP contribution in [0.15, 0.2) is 97.1 Å². The van der Waals surface area contributed by atoms with Crippen molar-refractivity contribution in [3.63, 3.8) is 0 Å². The molecule has 0 radical (unpaired) electrons. The van der Waals surface area contributed by atoms with E-state index in [0.717, 1.165) is 22.5 Å². The molecule has 0 heterocycles. The number of aryl methyl sites for hydroxylation is 1. The van der Waals surface area contributed by atoms with Crippen LogP contribution in [-0.2, 0) is 4.79 Å². The largest absolute Gasteiger partial charge is 0.493 e. The van der Waals surface area contributed by atoms with Crippen LogP contribution in [0.1, 0.15) is 16.7 Å². The number of carbonyl (C=O) groups is 1. The van der Waals surface area contributed by atoms with Crippen molar-refractivity contribution in [1.82, 2.24) is 0 Å². The zero-order valence-electron chi connectivity index (χ0n) is 20.0. The zero-order valence-corrected chi connectivity index (χ0v) is 20.0. The summed E-state index contributed by atoms with van der Waals surface area (Å²) in [5.41, 5.74) is 5.79. The molecule has 0 atom stereocenters. The molecule has 2 N–H and O–H groups in total. The predicted molar refractivity (Wildman–Crippen MR) is 143 cm³/mol. The number of carbonyl (C=O) groups excluding carboxylic acids is 1. The zero-order chi connectivity index (χ0) is 24.6. The minimum atomic E-state index is -0.218. The van der Waals surface area contributed by atoms with Gasteiger partial charge in [-0.2, -0.15) is 0 Å². The van der Waals surface area contributed by atoms with E-state index in [4.69, 9.17) is 9.47 Å². The molecule has 0 fully saturated rings. The van der Waals surface area contributed by atoms with Crippen LogP contribution in [0.3, 0.4) is 0 Å². The van der Waals surface area contributed by atoms with Gasteiger partial charge in [0.05, 0.1) is 25.6 Å². The second kappa shape index (κ2) is 11.1. The minimum absolute atomic E-state index is 0.218. The van der Waals surface area contributed by atoms with Gasteiger partial charge >= 0.3 is 0 Å². The number of hydrogen-bond donors (Lipinski definition) is 2. The first-order valence-electron chi connectivity index (χ1n) is 11.3. The minimum Gasteiger partial charge on any atom is -0.493 e. The van der Waals surface area contributed by atoms with Crippen molar-refractivity contribution in [1.29, 1.82) is 0 Å². The number of hydrogen-bond acceptors (Lipinski definition) is 4. The Kier molecular flexibility index (Phi) is 7.48. The highest BCUT2D eigenvalue weighted by Gasteiger charge is 2.15. The number of anilines is 3. The summed E-state index contributed by atoms with van der Waals surface area (Å²) in [5.74, 6) is 1.01. The molecular weight excluding hydrogens is 436 g/mol. The van der Waals surface area contributed by atoms with Crippen LogP contribution in [0.2, 0.25) is 0 Å². The topological polar surface area (TPSA) is 59.6 Å². The van der Waals surface area contributed by atoms with E-state index in [-0.39, 0.29) is 5.91 Å². The van der Waals surface area contributed by atoms with Crippen molar-refractivity contribution in [2.24, 2.45) is 0 Å². The summed E-state index contributed by atoms with van der Waals surface area (Å²) < 4.78 is 10.8. The molecule has 0 saturated heterocycles. The number of para-hydroxylation sites is 2. The van der Waals surface area contributed by atoms with Gasteiger partial charge in [0, 0.05) is 11.3 Å². The summed E-state index contributed by atoms with van der Waals surface area (Å²) in [6, 6.07) is 30.9. The van der Waals surface area contributed by atoms with E-state index >= 15 is 0 Å². The third-order valence-electron chi connectivity index (χ3n) is 5.55. The van der Waals surface area contributed by atoms with Crippen molar-refractivity contribution >= 4 is 34.6 Å². The van der Waals surface area contributed by atoms with Crippen molar-refractivity contribution in [3.05, 3.63) is 114 Å². The number of ether oxygens (including phenoxy) is 2. The van der Waals surface area contributed by atoms with Gasteiger partial charge in [0.1, 0.15) is 0 Å². The average molecular weight is 465 g/mol. The van der Waals surface area contributed by atoms with Gasteiger partial charge < -0.3 is 20.1 Å². The van der Waals surface area contributed by atoms with Crippen molar-refractivity contribution in [2.75, 3.05) is 24.9 Å². The lowest BCUT2D eigenvalue weighted by Gasteiger charge is -2.15. The predicted octanol–water partition coefficient (Wildman–Crippen LogP) is 6.94. The van der Waals surface area contributed by atoms with Crippen LogP contribution in [0.4, 0.5) is 17.1 Å². The maximum Gasteiger partial charge on any atom is 0.256 e. The van der Waals surface area contributed by atoms with Crippen LogP contribution in [0, 0.1) is 6.92 Å². The fourth-order valence-electron chi connectivity index (χ4n) is 3.69. The molecule has 4 rings (SSSR count). The number of benzene rings is 4. The van der Waals surface area contributed by atoms with Crippen LogP contribution >= 0.6 is 0 Å². The fourth-order valence-corrected chi connectivity index (χ4v) is 3.69. The Hall–Kier alpha value is -4.51. The van der Waals surface area contributed by atoms with Crippen LogP contribution in [0.25, 0.3) is 11.6 Å². The molecule has 0 unspecified atom stereocenters. The van der Waals surface area contributed by atoms with E-state index < -0.39 is 0 Å². The molecule has 0 spiro atoms. The number of nitrogens with one attached hydrogen (secondary N) is 2. The van der Waals surface area contributed by atoms with E-state index in [2.05, 4.69) is 10.6 Å². The Morgan fingerprint density at radius 3 is 2.09 bits per heavy atom. The van der Waals surface area contributed by atoms with Gasteiger partial charge in [-0.1, -0.05) is 66.2 Å². The second-order valence-electron chi connectivity index (χ2n) is 8.03. The molecule has 4 aromatic carbocycles. The van der Waals surface area contributed by atoms with E-state index in [1.165, 1.54) is 5.56 Å². The number of amides is 1. The Balaban J connectivity index is 1.67. The van der Waals surface area contributed by atoms with Gasteiger partial charge in [-0.3, -0.25) is 4.79 Å². The van der Waals surface area contributed by atoms with Crippen LogP contribution in [-0.4, -0.2) is 20.1 Å². The first-order chi connectivity index (χ1) is 17.1. The summed E-state index contributed by atoms with van der Waals surface area (Å²) in [7, 11) is 3.19. The Morgan fingerprint density at radius 2 is 1.40 bits per heavy atom. The smallest absolute Gasteiger partial charge is 0.256 e. The van der Waals surface area contributed by atoms with E-state index in [9.17, 15) is 4.79 Å². The molecule has 0 saturated carbocycles. The highest BCUT2D eigenvalue weighted by Crippen LogP contribution is 2.31. The van der Waals surface area contributed by atoms with Crippen molar-refractivity contribution in [3.8, 4) is 11.5 Å².